The van der Waals surface area contributed by atoms with E-state index >= 15 is 0 Å². The Balaban J connectivity index is 0.00000136. The first-order chi connectivity index (χ1) is 15.2. The average molecular weight is 543 g/mol. The highest BCUT2D eigenvalue weighted by atomic mass is 35.5. The number of rotatable bonds is 6. The fourth-order valence-electron chi connectivity index (χ4n) is 4.35. The number of benzene rings is 1. The van der Waals surface area contributed by atoms with E-state index in [4.69, 9.17) is 5.73 Å². The predicted octanol–water partition coefficient (Wildman–Crippen LogP) is 4.84. The first-order valence-electron chi connectivity index (χ1n) is 10.9. The number of pyridine rings is 1. The van der Waals surface area contributed by atoms with Gasteiger partial charge in [-0.3, -0.25) is 9.20 Å². The molecule has 0 saturated carbocycles. The van der Waals surface area contributed by atoms with Crippen LogP contribution in [0.15, 0.2) is 58.6 Å². The van der Waals surface area contributed by atoms with Crippen molar-refractivity contribution >= 4 is 72.3 Å². The van der Waals surface area contributed by atoms with E-state index in [1.165, 1.54) is 17.3 Å². The summed E-state index contributed by atoms with van der Waals surface area (Å²) >= 11 is 1.51. The molecule has 0 spiro atoms. The molecule has 1 aromatic carbocycles. The van der Waals surface area contributed by atoms with Gasteiger partial charge in [-0.05, 0) is 68.1 Å². The Kier molecular flexibility index (Phi) is 10.6. The van der Waals surface area contributed by atoms with E-state index in [1.807, 2.05) is 42.6 Å². The van der Waals surface area contributed by atoms with Gasteiger partial charge in [0.15, 0.2) is 0 Å². The monoisotopic (exact) mass is 541 g/mol. The number of anilines is 1. The normalized spacial score (nSPS) is 15.5. The Bertz CT molecular complexity index is 1130. The van der Waals surface area contributed by atoms with Gasteiger partial charge in [-0.2, -0.15) is 0 Å². The number of imidazole rings is 1. The maximum Gasteiger partial charge on any atom is 0.258 e. The number of likely N-dealkylation sites (tertiary alicyclic amines) is 1. The van der Waals surface area contributed by atoms with Crippen LogP contribution in [0.2, 0.25) is 0 Å². The van der Waals surface area contributed by atoms with Crippen molar-refractivity contribution < 1.29 is 4.79 Å². The summed E-state index contributed by atoms with van der Waals surface area (Å²) in [5, 5.41) is 4.29. The van der Waals surface area contributed by atoms with Gasteiger partial charge in [-0.15, -0.1) is 37.2 Å². The molecule has 184 valence electrons. The van der Waals surface area contributed by atoms with Gasteiger partial charge in [0, 0.05) is 24.8 Å². The molecule has 3 N–H and O–H groups in total. The zero-order valence-corrected chi connectivity index (χ0v) is 21.9. The molecule has 0 aliphatic carbocycles. The zero-order valence-electron chi connectivity index (χ0n) is 18.7. The highest BCUT2D eigenvalue weighted by Crippen LogP contribution is 2.34. The van der Waals surface area contributed by atoms with Gasteiger partial charge in [0.2, 0.25) is 0 Å². The Morgan fingerprint density at radius 3 is 2.56 bits per heavy atom. The largest absolute Gasteiger partial charge is 0.399 e. The molecule has 2 aliphatic rings. The molecule has 2 aliphatic heterocycles. The third-order valence-corrected chi connectivity index (χ3v) is 7.13. The number of carbonyl (C=O) groups excluding carboxylic acids is 1. The summed E-state index contributed by atoms with van der Waals surface area (Å²) in [6.07, 6.45) is 7.99. The highest BCUT2D eigenvalue weighted by Gasteiger charge is 2.24. The van der Waals surface area contributed by atoms with Gasteiger partial charge in [0.05, 0.1) is 21.8 Å². The Hall–Kier alpha value is -1.90. The fraction of sp³-hybridized carbons (Fsp3) is 0.333. The number of halogens is 3. The number of amides is 1. The minimum Gasteiger partial charge on any atom is -0.399 e. The minimum absolute atomic E-state index is 0. The number of aryl methyl sites for hydroxylation is 1. The van der Waals surface area contributed by atoms with E-state index in [2.05, 4.69) is 31.7 Å². The number of nitrogens with one attached hydrogen (secondary N) is 1. The number of hydrogen-bond donors (Lipinski definition) is 2. The Labute approximate surface area is 223 Å². The average Bonchev–Trinajstić information content (AvgIpc) is 3.21. The molecular weight excluding hydrogens is 513 g/mol. The maximum atomic E-state index is 12.9. The molecule has 0 radical (unpaired) electrons. The molecular formula is C24H30Cl3N5OS. The van der Waals surface area contributed by atoms with E-state index in [1.54, 1.807) is 0 Å². The lowest BCUT2D eigenvalue weighted by Gasteiger charge is -2.32. The van der Waals surface area contributed by atoms with Gasteiger partial charge < -0.3 is 16.0 Å². The fourth-order valence-corrected chi connectivity index (χ4v) is 5.34. The van der Waals surface area contributed by atoms with Crippen molar-refractivity contribution in [2.45, 2.75) is 36.8 Å². The van der Waals surface area contributed by atoms with Crippen molar-refractivity contribution in [1.29, 1.82) is 0 Å². The molecule has 3 aromatic rings. The molecule has 10 heteroatoms. The summed E-state index contributed by atoms with van der Waals surface area (Å²) in [6.45, 7) is 3.16. The van der Waals surface area contributed by atoms with Gasteiger partial charge >= 0.3 is 0 Å². The number of nitrogens with zero attached hydrogens (tertiary/aromatic N) is 3. The van der Waals surface area contributed by atoms with Crippen molar-refractivity contribution in [2.75, 3.05) is 25.4 Å². The number of aromatic nitrogens is 2. The Morgan fingerprint density at radius 2 is 1.82 bits per heavy atom. The molecule has 5 rings (SSSR count). The van der Waals surface area contributed by atoms with Crippen LogP contribution >= 0.6 is 49.0 Å². The summed E-state index contributed by atoms with van der Waals surface area (Å²) in [4.78, 5) is 20.6. The molecule has 0 atom stereocenters. The second-order valence-electron chi connectivity index (χ2n) is 8.29. The molecule has 1 saturated heterocycles. The van der Waals surface area contributed by atoms with Crippen LogP contribution in [0.5, 0.6) is 0 Å². The van der Waals surface area contributed by atoms with Gasteiger partial charge in [-0.1, -0.05) is 30.0 Å². The van der Waals surface area contributed by atoms with Crippen molar-refractivity contribution in [3.63, 3.8) is 0 Å². The van der Waals surface area contributed by atoms with Crippen LogP contribution < -0.4 is 11.1 Å². The van der Waals surface area contributed by atoms with Crippen molar-refractivity contribution in [1.82, 2.24) is 19.6 Å². The van der Waals surface area contributed by atoms with Crippen LogP contribution in [0.3, 0.4) is 0 Å². The predicted molar refractivity (Wildman–Crippen MR) is 148 cm³/mol. The van der Waals surface area contributed by atoms with E-state index in [0.717, 1.165) is 72.3 Å². The van der Waals surface area contributed by atoms with Crippen LogP contribution in [0.25, 0.3) is 11.7 Å². The molecule has 0 unspecified atom stereocenters. The standard InChI is InChI=1S/C24H27N5OS.3ClH/c25-18-8-6-17(7-9-18)3-2-12-28-13-10-19(11-14-28)27-24(30)21-15-20-16-26-22-4-1-5-23(31-21)29(20)22;;;/h1,4-9,15-16,19H,2-3,10-14,25H2,(H,27,30);3*1H. The number of hydrogen-bond acceptors (Lipinski definition) is 5. The van der Waals surface area contributed by atoms with Crippen LogP contribution in [-0.4, -0.2) is 45.9 Å². The van der Waals surface area contributed by atoms with E-state index in [0.29, 0.717) is 0 Å². The number of piperidine rings is 1. The van der Waals surface area contributed by atoms with Crippen LogP contribution in [0.1, 0.15) is 30.5 Å². The van der Waals surface area contributed by atoms with E-state index in [9.17, 15) is 4.79 Å². The summed E-state index contributed by atoms with van der Waals surface area (Å²) in [5.41, 5.74) is 9.79. The lowest BCUT2D eigenvalue weighted by Crippen LogP contribution is -2.45. The minimum atomic E-state index is 0. The highest BCUT2D eigenvalue weighted by molar-refractivity contribution is 8.04. The topological polar surface area (TPSA) is 75.7 Å². The second-order valence-corrected chi connectivity index (χ2v) is 9.35. The number of nitrogen functional groups attached to an aromatic ring is 1. The van der Waals surface area contributed by atoms with Crippen molar-refractivity contribution in [3.05, 3.63) is 64.8 Å². The van der Waals surface area contributed by atoms with Crippen molar-refractivity contribution in [3.8, 4) is 0 Å². The van der Waals surface area contributed by atoms with Gasteiger partial charge in [0.25, 0.3) is 5.91 Å². The molecule has 4 heterocycles. The molecule has 1 fully saturated rings. The van der Waals surface area contributed by atoms with Gasteiger partial charge in [-0.25, -0.2) is 4.98 Å². The molecule has 6 nitrogen and oxygen atoms in total. The number of thioether (sulfide) groups is 1. The maximum absolute atomic E-state index is 12.9. The van der Waals surface area contributed by atoms with Gasteiger partial charge in [0.1, 0.15) is 5.65 Å². The first-order valence-corrected chi connectivity index (χ1v) is 11.7. The number of carbonyl (C=O) groups is 1. The molecule has 2 aromatic heterocycles. The third kappa shape index (κ3) is 6.40. The number of nitrogens with two attached hydrogens (primary N) is 1. The zero-order chi connectivity index (χ0) is 21.2. The molecule has 0 bridgehead atoms. The first kappa shape index (κ1) is 28.3. The summed E-state index contributed by atoms with van der Waals surface area (Å²) in [5.74, 6) is 0.0243. The molecule has 1 amide bonds. The molecule has 34 heavy (non-hydrogen) atoms. The summed E-state index contributed by atoms with van der Waals surface area (Å²) in [6, 6.07) is 14.4. The SMILES string of the molecule is Cl.Cl.Cl.Nc1ccc(CCCN2CCC(NC(=O)C3=Cc4cnc5cccc(n45)S3)CC2)cc1. The Morgan fingerprint density at radius 1 is 1.09 bits per heavy atom. The van der Waals surface area contributed by atoms with Crippen molar-refractivity contribution in [2.24, 2.45) is 0 Å². The lowest BCUT2D eigenvalue weighted by molar-refractivity contribution is -0.117. The van der Waals surface area contributed by atoms with E-state index < -0.39 is 0 Å². The smallest absolute Gasteiger partial charge is 0.258 e. The lowest BCUT2D eigenvalue weighted by atomic mass is 10.0. The third-order valence-electron chi connectivity index (χ3n) is 6.08. The summed E-state index contributed by atoms with van der Waals surface area (Å²) in [7, 11) is 0. The second kappa shape index (κ2) is 12.7. The van der Waals surface area contributed by atoms with Crippen LogP contribution in [0, 0.1) is 0 Å². The summed E-state index contributed by atoms with van der Waals surface area (Å²) < 4.78 is 2.09. The quantitative estimate of drug-likeness (QED) is 0.436. The van der Waals surface area contributed by atoms with Crippen LogP contribution in [0.4, 0.5) is 5.69 Å². The van der Waals surface area contributed by atoms with Crippen LogP contribution in [-0.2, 0) is 11.2 Å². The van der Waals surface area contributed by atoms with E-state index in [-0.39, 0.29) is 49.2 Å².